The van der Waals surface area contributed by atoms with Gasteiger partial charge in [0, 0.05) is 12.1 Å². The van der Waals surface area contributed by atoms with Crippen LogP contribution in [0.3, 0.4) is 0 Å². The molecule has 120 valence electrons. The van der Waals surface area contributed by atoms with E-state index >= 15 is 0 Å². The molecule has 4 N–H and O–H groups in total. The zero-order valence-electron chi connectivity index (χ0n) is 11.5. The van der Waals surface area contributed by atoms with Crippen molar-refractivity contribution in [1.82, 2.24) is 10.6 Å². The van der Waals surface area contributed by atoms with Gasteiger partial charge in [0.05, 0.1) is 35.2 Å². The Morgan fingerprint density at radius 1 is 0.750 bits per heavy atom. The molecule has 0 bridgehead atoms. The zero-order chi connectivity index (χ0) is 15.6. The van der Waals surface area contributed by atoms with Gasteiger partial charge in [-0.1, -0.05) is 0 Å². The number of aliphatic hydroxyl groups is 2. The summed E-state index contributed by atoms with van der Waals surface area (Å²) in [5, 5.41) is 23.6. The Morgan fingerprint density at radius 2 is 1.05 bits per heavy atom. The number of hydrogen-bond donors (Lipinski definition) is 4. The Morgan fingerprint density at radius 3 is 1.15 bits per heavy atom. The highest BCUT2D eigenvalue weighted by Crippen LogP contribution is 2.12. The minimum absolute atomic E-state index is 0.0602. The van der Waals surface area contributed by atoms with Gasteiger partial charge in [0.1, 0.15) is 0 Å². The first-order chi connectivity index (χ1) is 9.10. The van der Waals surface area contributed by atoms with Crippen LogP contribution < -0.4 is 10.6 Å². The van der Waals surface area contributed by atoms with E-state index in [1.54, 1.807) is 14.1 Å². The predicted molar refractivity (Wildman–Crippen MR) is 75.0 cm³/mol. The van der Waals surface area contributed by atoms with Gasteiger partial charge >= 0.3 is 0 Å². The molecule has 0 spiro atoms. The van der Waals surface area contributed by atoms with Crippen LogP contribution in [0.25, 0.3) is 0 Å². The van der Waals surface area contributed by atoms with E-state index in [1.165, 1.54) is 0 Å². The van der Waals surface area contributed by atoms with Gasteiger partial charge in [-0.15, -0.1) is 0 Å². The van der Waals surface area contributed by atoms with Crippen LogP contribution >= 0.6 is 0 Å². The van der Waals surface area contributed by atoms with Crippen molar-refractivity contribution in [2.75, 3.05) is 37.1 Å². The Kier molecular flexibility index (Phi) is 5.93. The molecule has 2 rings (SSSR count). The average Bonchev–Trinajstić information content (AvgIpc) is 2.73. The van der Waals surface area contributed by atoms with Gasteiger partial charge in [-0.05, 0) is 14.1 Å². The molecule has 0 aliphatic carbocycles. The molecule has 4 atom stereocenters. The molecule has 8 nitrogen and oxygen atoms in total. The molecule has 2 saturated heterocycles. The van der Waals surface area contributed by atoms with E-state index in [0.29, 0.717) is 0 Å². The number of hydrogen-bond acceptors (Lipinski definition) is 8. The molecule has 2 aliphatic rings. The molecule has 10 heteroatoms. The van der Waals surface area contributed by atoms with Crippen LogP contribution in [0.2, 0.25) is 0 Å². The van der Waals surface area contributed by atoms with Crippen molar-refractivity contribution in [3.63, 3.8) is 0 Å². The monoisotopic (exact) mass is 330 g/mol. The summed E-state index contributed by atoms with van der Waals surface area (Å²) in [6.45, 7) is 0. The largest absolute Gasteiger partial charge is 0.390 e. The number of aliphatic hydroxyl groups excluding tert-OH is 2. The maximum Gasteiger partial charge on any atom is 0.154 e. The lowest BCUT2D eigenvalue weighted by atomic mass is 10.2. The average molecular weight is 330 g/mol. The molecule has 2 aliphatic heterocycles. The van der Waals surface area contributed by atoms with Crippen LogP contribution in [0.5, 0.6) is 0 Å². The minimum Gasteiger partial charge on any atom is -0.390 e. The molecule has 0 saturated carbocycles. The summed E-state index contributed by atoms with van der Waals surface area (Å²) >= 11 is 0. The van der Waals surface area contributed by atoms with Gasteiger partial charge in [-0.25, -0.2) is 16.8 Å². The number of sulfone groups is 2. The molecule has 0 aromatic rings. The second-order valence-corrected chi connectivity index (χ2v) is 9.39. The molecule has 0 radical (unpaired) electrons. The molecule has 0 amide bonds. The predicted octanol–water partition coefficient (Wildman–Crippen LogP) is -3.27. The fourth-order valence-corrected chi connectivity index (χ4v) is 5.86. The van der Waals surface area contributed by atoms with Crippen LogP contribution in [0.1, 0.15) is 0 Å². The van der Waals surface area contributed by atoms with Crippen molar-refractivity contribution in [3.05, 3.63) is 0 Å². The Hall–Kier alpha value is -0.260. The van der Waals surface area contributed by atoms with E-state index in [0.717, 1.165) is 0 Å². The summed E-state index contributed by atoms with van der Waals surface area (Å²) < 4.78 is 43.2. The summed E-state index contributed by atoms with van der Waals surface area (Å²) in [5.74, 6) is -0.0770. The van der Waals surface area contributed by atoms with Crippen LogP contribution in [0.15, 0.2) is 0 Å². The third kappa shape index (κ3) is 4.93. The fourth-order valence-electron chi connectivity index (χ4n) is 2.21. The molecule has 0 aromatic heterocycles. The number of likely N-dealkylation sites (N-methyl/N-ethyl adjacent to an activating group) is 2. The van der Waals surface area contributed by atoms with Crippen LogP contribution in [-0.4, -0.2) is 88.4 Å². The number of rotatable bonds is 2. The van der Waals surface area contributed by atoms with Crippen LogP contribution in [-0.2, 0) is 19.7 Å². The maximum atomic E-state index is 10.8. The maximum absolute atomic E-state index is 10.8. The lowest BCUT2D eigenvalue weighted by molar-refractivity contribution is 0.170. The van der Waals surface area contributed by atoms with Crippen LogP contribution in [0, 0.1) is 0 Å². The van der Waals surface area contributed by atoms with Gasteiger partial charge < -0.3 is 20.8 Å². The molecule has 20 heavy (non-hydrogen) atoms. The zero-order valence-corrected chi connectivity index (χ0v) is 13.1. The second-order valence-electron chi connectivity index (χ2n) is 5.08. The normalized spacial score (nSPS) is 38.2. The third-order valence-electron chi connectivity index (χ3n) is 3.39. The van der Waals surface area contributed by atoms with E-state index in [1.807, 2.05) is 0 Å². The highest BCUT2D eigenvalue weighted by Gasteiger charge is 2.35. The van der Waals surface area contributed by atoms with Gasteiger partial charge in [0.2, 0.25) is 0 Å². The topological polar surface area (TPSA) is 133 Å². The van der Waals surface area contributed by atoms with Crippen molar-refractivity contribution in [2.45, 2.75) is 24.3 Å². The summed E-state index contributed by atoms with van der Waals surface area (Å²) in [6.07, 6.45) is -1.45. The summed E-state index contributed by atoms with van der Waals surface area (Å²) in [5.41, 5.74) is 0. The summed E-state index contributed by atoms with van der Waals surface area (Å²) in [6, 6.07) is -0.546. The molecule has 2 heterocycles. The summed E-state index contributed by atoms with van der Waals surface area (Å²) in [4.78, 5) is 0. The highest BCUT2D eigenvalue weighted by molar-refractivity contribution is 7.92. The van der Waals surface area contributed by atoms with E-state index in [9.17, 15) is 16.8 Å². The highest BCUT2D eigenvalue weighted by atomic mass is 32.2. The molecular weight excluding hydrogens is 308 g/mol. The van der Waals surface area contributed by atoms with Crippen molar-refractivity contribution >= 4 is 19.7 Å². The van der Waals surface area contributed by atoms with Crippen molar-refractivity contribution in [1.29, 1.82) is 0 Å². The van der Waals surface area contributed by atoms with Crippen molar-refractivity contribution in [2.24, 2.45) is 0 Å². The van der Waals surface area contributed by atoms with Crippen molar-refractivity contribution in [3.8, 4) is 0 Å². The van der Waals surface area contributed by atoms with Gasteiger partial charge in [-0.2, -0.15) is 0 Å². The van der Waals surface area contributed by atoms with E-state index in [2.05, 4.69) is 10.6 Å². The van der Waals surface area contributed by atoms with E-state index in [-0.39, 0.29) is 35.1 Å². The molecule has 2 fully saturated rings. The lowest BCUT2D eigenvalue weighted by Gasteiger charge is -2.09. The van der Waals surface area contributed by atoms with Crippen molar-refractivity contribution < 1.29 is 27.0 Å². The summed E-state index contributed by atoms with van der Waals surface area (Å²) in [7, 11) is -2.64. The fraction of sp³-hybridized carbons (Fsp3) is 1.00. The van der Waals surface area contributed by atoms with Gasteiger partial charge in [0.25, 0.3) is 0 Å². The Labute approximate surface area is 119 Å². The second kappa shape index (κ2) is 6.67. The molecular formula is C10H22N2O6S2. The quantitative estimate of drug-likeness (QED) is 0.414. The first-order valence-electron chi connectivity index (χ1n) is 6.21. The minimum atomic E-state index is -2.97. The standard InChI is InChI=1S/2C5H11NO3S/c2*1-6-4-2-10(8,9)3-5(4)7/h2*4-7H,2-3H2,1H3/t2*4-,5-/m10/s1. The van der Waals surface area contributed by atoms with Crippen LogP contribution in [0.4, 0.5) is 0 Å². The van der Waals surface area contributed by atoms with Gasteiger partial charge in [0.15, 0.2) is 19.7 Å². The van der Waals surface area contributed by atoms with Gasteiger partial charge in [-0.3, -0.25) is 0 Å². The molecule has 0 unspecified atom stereocenters. The number of nitrogens with one attached hydrogen (secondary N) is 2. The molecule has 0 aromatic carbocycles. The lowest BCUT2D eigenvalue weighted by Crippen LogP contribution is -2.35. The third-order valence-corrected chi connectivity index (χ3v) is 6.82. The first kappa shape index (κ1) is 17.8. The SMILES string of the molecule is CN[C@@H]1CS(=O)(=O)C[C@H]1O.CN[C@H]1CS(=O)(=O)C[C@@H]1O. The Balaban J connectivity index is 0.000000200. The first-order valence-corrected chi connectivity index (χ1v) is 9.86. The Bertz CT molecular complexity index is 470. The van der Waals surface area contributed by atoms with E-state index in [4.69, 9.17) is 10.2 Å². The van der Waals surface area contributed by atoms with E-state index < -0.39 is 31.9 Å². The smallest absolute Gasteiger partial charge is 0.154 e.